The molecule has 0 radical (unpaired) electrons. The Kier molecular flexibility index (Phi) is 2.85. The van der Waals surface area contributed by atoms with Gasteiger partial charge in [-0.25, -0.2) is 4.79 Å². The number of aryl methyl sites for hydroxylation is 1. The third-order valence-corrected chi connectivity index (χ3v) is 2.35. The lowest BCUT2D eigenvalue weighted by Gasteiger charge is -2.16. The second-order valence-corrected chi connectivity index (χ2v) is 3.46. The molecule has 1 aromatic carbocycles. The van der Waals surface area contributed by atoms with Gasteiger partial charge >= 0.3 is 12.1 Å². The predicted octanol–water partition coefficient (Wildman–Crippen LogP) is 2.60. The maximum absolute atomic E-state index is 12.7. The van der Waals surface area contributed by atoms with E-state index in [-0.39, 0.29) is 11.3 Å². The van der Waals surface area contributed by atoms with Gasteiger partial charge in [-0.2, -0.15) is 13.2 Å². The molecule has 1 rings (SSSR count). The number of alkyl halides is 3. The zero-order valence-electron chi connectivity index (χ0n) is 8.64. The number of hydrogen-bond donors (Lipinski definition) is 2. The molecule has 0 aliphatic rings. The van der Waals surface area contributed by atoms with Crippen LogP contribution in [-0.4, -0.2) is 11.1 Å². The van der Waals surface area contributed by atoms with Gasteiger partial charge in [0.05, 0.1) is 11.1 Å². The van der Waals surface area contributed by atoms with Crippen LogP contribution in [0.1, 0.15) is 27.0 Å². The highest BCUT2D eigenvalue weighted by atomic mass is 19.4. The molecule has 0 bridgehead atoms. The first kappa shape index (κ1) is 12.4. The van der Waals surface area contributed by atoms with Gasteiger partial charge in [0.25, 0.3) is 0 Å². The van der Waals surface area contributed by atoms with Crippen LogP contribution in [0, 0.1) is 13.8 Å². The molecule has 1 aromatic rings. The number of carbonyl (C=O) groups is 1. The molecule has 3 nitrogen and oxygen atoms in total. The summed E-state index contributed by atoms with van der Waals surface area (Å²) in [6, 6.07) is 0.938. The molecule has 0 saturated carbocycles. The number of carboxylic acid groups (broad SMARTS) is 1. The van der Waals surface area contributed by atoms with Crippen molar-refractivity contribution in [3.8, 4) is 0 Å². The van der Waals surface area contributed by atoms with Gasteiger partial charge in [-0.15, -0.1) is 0 Å². The Morgan fingerprint density at radius 2 is 1.88 bits per heavy atom. The van der Waals surface area contributed by atoms with Gasteiger partial charge in [0.15, 0.2) is 0 Å². The number of rotatable bonds is 1. The summed E-state index contributed by atoms with van der Waals surface area (Å²) in [5.74, 6) is -1.61. The van der Waals surface area contributed by atoms with Crippen molar-refractivity contribution in [2.75, 3.05) is 5.73 Å². The highest BCUT2D eigenvalue weighted by Crippen LogP contribution is 2.37. The lowest BCUT2D eigenvalue weighted by Crippen LogP contribution is -2.17. The number of aromatic carboxylic acids is 1. The van der Waals surface area contributed by atoms with Crippen LogP contribution in [0.4, 0.5) is 18.9 Å². The van der Waals surface area contributed by atoms with Crippen LogP contribution in [0.2, 0.25) is 0 Å². The molecule has 0 atom stereocenters. The van der Waals surface area contributed by atoms with Crippen molar-refractivity contribution in [1.29, 1.82) is 0 Å². The second-order valence-electron chi connectivity index (χ2n) is 3.46. The molecule has 88 valence electrons. The van der Waals surface area contributed by atoms with E-state index < -0.39 is 23.3 Å². The molecule has 0 aliphatic heterocycles. The standard InChI is InChI=1S/C10H10F3NO2/c1-4-3-6(9(15)16)7(10(11,12)13)5(2)8(4)14/h3H,14H2,1-2H3,(H,15,16). The minimum absolute atomic E-state index is 0.0303. The Morgan fingerprint density at radius 3 is 2.25 bits per heavy atom. The number of benzene rings is 1. The van der Waals surface area contributed by atoms with Gasteiger partial charge in [-0.1, -0.05) is 0 Å². The summed E-state index contributed by atoms with van der Waals surface area (Å²) in [7, 11) is 0. The molecule has 0 aliphatic carbocycles. The SMILES string of the molecule is Cc1cc(C(=O)O)c(C(F)(F)F)c(C)c1N. The third-order valence-electron chi connectivity index (χ3n) is 2.35. The van der Waals surface area contributed by atoms with Gasteiger partial charge in [0.1, 0.15) is 0 Å². The van der Waals surface area contributed by atoms with E-state index in [1.807, 2.05) is 0 Å². The first-order valence-electron chi connectivity index (χ1n) is 4.36. The molecule has 0 heterocycles. The monoisotopic (exact) mass is 233 g/mol. The highest BCUT2D eigenvalue weighted by molar-refractivity contribution is 5.91. The molecule has 0 saturated heterocycles. The van der Waals surface area contributed by atoms with E-state index in [1.165, 1.54) is 6.92 Å². The topological polar surface area (TPSA) is 63.3 Å². The Hall–Kier alpha value is -1.72. The van der Waals surface area contributed by atoms with Crippen LogP contribution in [0.25, 0.3) is 0 Å². The van der Waals surface area contributed by atoms with Gasteiger partial charge in [0.2, 0.25) is 0 Å². The van der Waals surface area contributed by atoms with E-state index in [0.29, 0.717) is 5.56 Å². The Balaban J connectivity index is 3.68. The molecule has 0 fully saturated rings. The van der Waals surface area contributed by atoms with E-state index in [4.69, 9.17) is 10.8 Å². The van der Waals surface area contributed by atoms with E-state index in [1.54, 1.807) is 0 Å². The summed E-state index contributed by atoms with van der Waals surface area (Å²) in [5, 5.41) is 8.73. The molecule has 0 unspecified atom stereocenters. The Labute approximate surface area is 89.7 Å². The van der Waals surface area contributed by atoms with Crippen LogP contribution in [0.5, 0.6) is 0 Å². The third kappa shape index (κ3) is 1.95. The smallest absolute Gasteiger partial charge is 0.417 e. The molecule has 0 amide bonds. The molecule has 0 aromatic heterocycles. The number of anilines is 1. The number of hydrogen-bond acceptors (Lipinski definition) is 2. The maximum Gasteiger partial charge on any atom is 0.417 e. The average molecular weight is 233 g/mol. The normalized spacial score (nSPS) is 11.6. The van der Waals surface area contributed by atoms with Crippen molar-refractivity contribution in [1.82, 2.24) is 0 Å². The highest BCUT2D eigenvalue weighted by Gasteiger charge is 2.38. The Morgan fingerprint density at radius 1 is 1.38 bits per heavy atom. The fourth-order valence-corrected chi connectivity index (χ4v) is 1.53. The van der Waals surface area contributed by atoms with Crippen molar-refractivity contribution in [2.24, 2.45) is 0 Å². The first-order chi connectivity index (χ1) is 7.16. The molecule has 6 heteroatoms. The zero-order chi connectivity index (χ0) is 12.7. The number of nitrogen functional groups attached to an aromatic ring is 1. The summed E-state index contributed by atoms with van der Waals surface area (Å²) in [6.45, 7) is 2.63. The summed E-state index contributed by atoms with van der Waals surface area (Å²) < 4.78 is 38.0. The van der Waals surface area contributed by atoms with Crippen molar-refractivity contribution in [3.05, 3.63) is 28.3 Å². The van der Waals surface area contributed by atoms with E-state index >= 15 is 0 Å². The molecular weight excluding hydrogens is 223 g/mol. The quantitative estimate of drug-likeness (QED) is 0.733. The molecule has 16 heavy (non-hydrogen) atoms. The molecule has 3 N–H and O–H groups in total. The first-order valence-corrected chi connectivity index (χ1v) is 4.36. The lowest BCUT2D eigenvalue weighted by molar-refractivity contribution is -0.138. The fraction of sp³-hybridized carbons (Fsp3) is 0.300. The predicted molar refractivity (Wildman–Crippen MR) is 52.3 cm³/mol. The van der Waals surface area contributed by atoms with E-state index in [9.17, 15) is 18.0 Å². The van der Waals surface area contributed by atoms with Crippen molar-refractivity contribution < 1.29 is 23.1 Å². The summed E-state index contributed by atoms with van der Waals surface area (Å²) in [5.41, 5.74) is 3.56. The largest absolute Gasteiger partial charge is 0.478 e. The average Bonchev–Trinajstić information content (AvgIpc) is 2.10. The zero-order valence-corrected chi connectivity index (χ0v) is 8.64. The van der Waals surface area contributed by atoms with Crippen molar-refractivity contribution in [3.63, 3.8) is 0 Å². The summed E-state index contributed by atoms with van der Waals surface area (Å²) in [4.78, 5) is 10.7. The van der Waals surface area contributed by atoms with Crippen LogP contribution < -0.4 is 5.73 Å². The van der Waals surface area contributed by atoms with Crippen LogP contribution in [0.15, 0.2) is 6.07 Å². The lowest BCUT2D eigenvalue weighted by atomic mass is 9.96. The maximum atomic E-state index is 12.7. The van der Waals surface area contributed by atoms with E-state index in [0.717, 1.165) is 13.0 Å². The fourth-order valence-electron chi connectivity index (χ4n) is 1.53. The Bertz CT molecular complexity index is 452. The number of carboxylic acids is 1. The van der Waals surface area contributed by atoms with Crippen LogP contribution >= 0.6 is 0 Å². The van der Waals surface area contributed by atoms with Gasteiger partial charge < -0.3 is 10.8 Å². The minimum atomic E-state index is -4.72. The molecule has 0 spiro atoms. The van der Waals surface area contributed by atoms with Gasteiger partial charge in [0, 0.05) is 5.69 Å². The summed E-state index contributed by atoms with van der Waals surface area (Å²) >= 11 is 0. The van der Waals surface area contributed by atoms with Crippen LogP contribution in [0.3, 0.4) is 0 Å². The van der Waals surface area contributed by atoms with Crippen LogP contribution in [-0.2, 0) is 6.18 Å². The number of nitrogens with two attached hydrogens (primary N) is 1. The van der Waals surface area contributed by atoms with Crippen molar-refractivity contribution in [2.45, 2.75) is 20.0 Å². The van der Waals surface area contributed by atoms with E-state index in [2.05, 4.69) is 0 Å². The molecular formula is C10H10F3NO2. The second kappa shape index (κ2) is 3.70. The number of halogens is 3. The van der Waals surface area contributed by atoms with Gasteiger partial charge in [-0.3, -0.25) is 0 Å². The van der Waals surface area contributed by atoms with Gasteiger partial charge in [-0.05, 0) is 31.0 Å². The summed E-state index contributed by atoms with van der Waals surface area (Å²) in [6.07, 6.45) is -4.72. The van der Waals surface area contributed by atoms with Crippen molar-refractivity contribution >= 4 is 11.7 Å². The minimum Gasteiger partial charge on any atom is -0.478 e.